The third-order valence-corrected chi connectivity index (χ3v) is 4.83. The predicted molar refractivity (Wildman–Crippen MR) is 110 cm³/mol. The number of carbonyl (C=O) groups excluding carboxylic acids is 2. The molecule has 1 aliphatic heterocycles. The number of nitrogens with zero attached hydrogens (tertiary/aromatic N) is 1. The summed E-state index contributed by atoms with van der Waals surface area (Å²) in [4.78, 5) is 26.7. The van der Waals surface area contributed by atoms with Crippen LogP contribution in [0.1, 0.15) is 18.4 Å². The normalized spacial score (nSPS) is 15.5. The van der Waals surface area contributed by atoms with Crippen molar-refractivity contribution in [2.45, 2.75) is 25.3 Å². The fourth-order valence-corrected chi connectivity index (χ4v) is 3.32. The lowest BCUT2D eigenvalue weighted by Gasteiger charge is -2.33. The first-order valence-electron chi connectivity index (χ1n) is 9.07. The van der Waals surface area contributed by atoms with Crippen LogP contribution in [-0.2, 0) is 16.0 Å². The van der Waals surface area contributed by atoms with E-state index in [1.807, 2.05) is 60.7 Å². The van der Waals surface area contributed by atoms with Gasteiger partial charge in [-0.3, -0.25) is 9.59 Å². The molecule has 2 aromatic rings. The summed E-state index contributed by atoms with van der Waals surface area (Å²) in [6.45, 7) is 1.16. The minimum Gasteiger partial charge on any atom is -0.341 e. The van der Waals surface area contributed by atoms with Crippen LogP contribution < -0.4 is 11.1 Å². The summed E-state index contributed by atoms with van der Waals surface area (Å²) in [5.41, 5.74) is 7.97. The average molecular weight is 388 g/mol. The summed E-state index contributed by atoms with van der Waals surface area (Å²) in [6.07, 6.45) is 1.87. The summed E-state index contributed by atoms with van der Waals surface area (Å²) >= 11 is 0. The Bertz CT molecular complexity index is 732. The molecule has 1 fully saturated rings. The van der Waals surface area contributed by atoms with Gasteiger partial charge in [0.25, 0.3) is 0 Å². The molecular weight excluding hydrogens is 362 g/mol. The van der Waals surface area contributed by atoms with Gasteiger partial charge in [-0.25, -0.2) is 0 Å². The van der Waals surface area contributed by atoms with Gasteiger partial charge in [-0.05, 0) is 37.0 Å². The standard InChI is InChI=1S/C21H25N3O2.ClH/c22-19(15-16-7-3-1-4-8-16)21(26)24-13-11-17(12-14-24)20(25)23-18-9-5-2-6-10-18;/h1-10,17,19H,11-15,22H2,(H,23,25);1H. The van der Waals surface area contributed by atoms with Crippen molar-refractivity contribution in [3.8, 4) is 0 Å². The molecule has 1 aliphatic rings. The summed E-state index contributed by atoms with van der Waals surface area (Å²) < 4.78 is 0. The minimum absolute atomic E-state index is 0. The van der Waals surface area contributed by atoms with E-state index in [9.17, 15) is 9.59 Å². The van der Waals surface area contributed by atoms with Gasteiger partial charge in [0.2, 0.25) is 11.8 Å². The van der Waals surface area contributed by atoms with Crippen molar-refractivity contribution in [2.24, 2.45) is 11.7 Å². The van der Waals surface area contributed by atoms with Crippen molar-refractivity contribution >= 4 is 29.9 Å². The van der Waals surface area contributed by atoms with Gasteiger partial charge in [0.05, 0.1) is 6.04 Å². The minimum atomic E-state index is -0.535. The summed E-state index contributed by atoms with van der Waals surface area (Å²) in [5.74, 6) is -0.0720. The van der Waals surface area contributed by atoms with Crippen LogP contribution in [0.15, 0.2) is 60.7 Å². The number of nitrogens with one attached hydrogen (secondary N) is 1. The largest absolute Gasteiger partial charge is 0.341 e. The van der Waals surface area contributed by atoms with Crippen molar-refractivity contribution in [2.75, 3.05) is 18.4 Å². The number of para-hydroxylation sites is 1. The Morgan fingerprint density at radius 1 is 1.00 bits per heavy atom. The number of amides is 2. The number of benzene rings is 2. The Hall–Kier alpha value is -2.37. The zero-order chi connectivity index (χ0) is 18.4. The number of rotatable bonds is 5. The Kier molecular flexibility index (Phi) is 7.82. The van der Waals surface area contributed by atoms with E-state index >= 15 is 0 Å². The topological polar surface area (TPSA) is 75.4 Å². The van der Waals surface area contributed by atoms with Gasteiger partial charge in [-0.1, -0.05) is 48.5 Å². The van der Waals surface area contributed by atoms with Crippen LogP contribution >= 0.6 is 12.4 Å². The first-order chi connectivity index (χ1) is 12.6. The van der Waals surface area contributed by atoms with Crippen LogP contribution in [0.3, 0.4) is 0 Å². The average Bonchev–Trinajstić information content (AvgIpc) is 2.69. The molecule has 0 aliphatic carbocycles. The van der Waals surface area contributed by atoms with E-state index in [2.05, 4.69) is 5.32 Å². The van der Waals surface area contributed by atoms with Crippen molar-refractivity contribution in [3.63, 3.8) is 0 Å². The molecule has 1 saturated heterocycles. The molecule has 0 saturated carbocycles. The van der Waals surface area contributed by atoms with Gasteiger partial charge in [0.15, 0.2) is 0 Å². The Morgan fingerprint density at radius 3 is 2.15 bits per heavy atom. The summed E-state index contributed by atoms with van der Waals surface area (Å²) in [6, 6.07) is 18.7. The second-order valence-electron chi connectivity index (χ2n) is 6.75. The van der Waals surface area contributed by atoms with Crippen LogP contribution in [-0.4, -0.2) is 35.8 Å². The van der Waals surface area contributed by atoms with E-state index in [-0.39, 0.29) is 30.1 Å². The van der Waals surface area contributed by atoms with Crippen LogP contribution in [0.2, 0.25) is 0 Å². The molecule has 1 heterocycles. The highest BCUT2D eigenvalue weighted by molar-refractivity contribution is 5.92. The van der Waals surface area contributed by atoms with Crippen molar-refractivity contribution in [1.29, 1.82) is 0 Å². The van der Waals surface area contributed by atoms with E-state index in [0.717, 1.165) is 11.3 Å². The monoisotopic (exact) mass is 387 g/mol. The van der Waals surface area contributed by atoms with Crippen LogP contribution in [0.5, 0.6) is 0 Å². The molecule has 1 atom stereocenters. The zero-order valence-corrected chi connectivity index (χ0v) is 16.0. The molecule has 1 unspecified atom stereocenters. The van der Waals surface area contributed by atoms with Crippen LogP contribution in [0.4, 0.5) is 5.69 Å². The highest BCUT2D eigenvalue weighted by Gasteiger charge is 2.29. The molecule has 2 aromatic carbocycles. The molecule has 0 bridgehead atoms. The number of piperidine rings is 1. The van der Waals surface area contributed by atoms with E-state index < -0.39 is 6.04 Å². The first-order valence-corrected chi connectivity index (χ1v) is 9.07. The van der Waals surface area contributed by atoms with Crippen molar-refractivity contribution in [3.05, 3.63) is 66.2 Å². The van der Waals surface area contributed by atoms with Gasteiger partial charge in [0.1, 0.15) is 0 Å². The quantitative estimate of drug-likeness (QED) is 0.828. The fraction of sp³-hybridized carbons (Fsp3) is 0.333. The lowest BCUT2D eigenvalue weighted by atomic mass is 9.95. The Morgan fingerprint density at radius 2 is 1.56 bits per heavy atom. The van der Waals surface area contributed by atoms with Crippen LogP contribution in [0.25, 0.3) is 0 Å². The maximum absolute atomic E-state index is 12.6. The third-order valence-electron chi connectivity index (χ3n) is 4.83. The number of anilines is 1. The van der Waals surface area contributed by atoms with Gasteiger partial charge < -0.3 is 16.0 Å². The molecule has 6 heteroatoms. The molecular formula is C21H26ClN3O2. The fourth-order valence-electron chi connectivity index (χ4n) is 3.32. The zero-order valence-electron chi connectivity index (χ0n) is 15.2. The number of nitrogens with two attached hydrogens (primary N) is 1. The van der Waals surface area contributed by atoms with Crippen molar-refractivity contribution in [1.82, 2.24) is 4.90 Å². The van der Waals surface area contributed by atoms with Crippen LogP contribution in [0, 0.1) is 5.92 Å². The lowest BCUT2D eigenvalue weighted by molar-refractivity contribution is -0.135. The third kappa shape index (κ3) is 5.81. The molecule has 5 nitrogen and oxygen atoms in total. The van der Waals surface area contributed by atoms with E-state index in [4.69, 9.17) is 5.73 Å². The summed E-state index contributed by atoms with van der Waals surface area (Å²) in [7, 11) is 0. The predicted octanol–water partition coefficient (Wildman–Crippen LogP) is 2.86. The number of likely N-dealkylation sites (tertiary alicyclic amines) is 1. The van der Waals surface area contributed by atoms with E-state index in [1.54, 1.807) is 4.90 Å². The molecule has 0 aromatic heterocycles. The summed E-state index contributed by atoms with van der Waals surface area (Å²) in [5, 5.41) is 2.94. The second-order valence-corrected chi connectivity index (χ2v) is 6.75. The molecule has 27 heavy (non-hydrogen) atoms. The van der Waals surface area contributed by atoms with Gasteiger partial charge >= 0.3 is 0 Å². The smallest absolute Gasteiger partial charge is 0.239 e. The Balaban J connectivity index is 0.00000261. The number of carbonyl (C=O) groups is 2. The second kappa shape index (κ2) is 10.1. The van der Waals surface area contributed by atoms with Crippen molar-refractivity contribution < 1.29 is 9.59 Å². The van der Waals surface area contributed by atoms with Gasteiger partial charge in [-0.15, -0.1) is 12.4 Å². The molecule has 0 radical (unpaired) electrons. The maximum atomic E-state index is 12.6. The highest BCUT2D eigenvalue weighted by Crippen LogP contribution is 2.20. The molecule has 0 spiro atoms. The Labute approximate surface area is 166 Å². The first kappa shape index (κ1) is 20.9. The molecule has 3 N–H and O–H groups in total. The number of hydrogen-bond donors (Lipinski definition) is 2. The van der Waals surface area contributed by atoms with E-state index in [1.165, 1.54) is 0 Å². The van der Waals surface area contributed by atoms with Gasteiger partial charge in [0, 0.05) is 24.7 Å². The number of halogens is 1. The molecule has 144 valence electrons. The van der Waals surface area contributed by atoms with E-state index in [0.29, 0.717) is 32.4 Å². The van der Waals surface area contributed by atoms with Gasteiger partial charge in [-0.2, -0.15) is 0 Å². The highest BCUT2D eigenvalue weighted by atomic mass is 35.5. The lowest BCUT2D eigenvalue weighted by Crippen LogP contribution is -2.49. The SMILES string of the molecule is Cl.NC(Cc1ccccc1)C(=O)N1CCC(C(=O)Nc2ccccc2)CC1. The molecule has 3 rings (SSSR count). The molecule has 2 amide bonds. The maximum Gasteiger partial charge on any atom is 0.239 e. The number of hydrogen-bond acceptors (Lipinski definition) is 3.